The van der Waals surface area contributed by atoms with Gasteiger partial charge in [-0.3, -0.25) is 4.90 Å². The van der Waals surface area contributed by atoms with Gasteiger partial charge in [-0.1, -0.05) is 60.7 Å². The van der Waals surface area contributed by atoms with Crippen LogP contribution in [-0.2, 0) is 0 Å². The van der Waals surface area contributed by atoms with Gasteiger partial charge in [0.2, 0.25) is 0 Å². The Morgan fingerprint density at radius 2 is 1.40 bits per heavy atom. The van der Waals surface area contributed by atoms with Crippen molar-refractivity contribution >= 4 is 0 Å². The summed E-state index contributed by atoms with van der Waals surface area (Å²) >= 11 is 0. The van der Waals surface area contributed by atoms with Crippen LogP contribution in [0, 0.1) is 11.3 Å². The number of hydrogen-bond acceptors (Lipinski definition) is 2. The highest BCUT2D eigenvalue weighted by atomic mass is 15.2. The van der Waals surface area contributed by atoms with Crippen LogP contribution in [0.4, 0.5) is 0 Å². The molecule has 1 saturated heterocycles. The second-order valence-corrected chi connectivity index (χ2v) is 5.06. The molecule has 0 N–H and O–H groups in total. The molecule has 2 nitrogen and oxygen atoms in total. The van der Waals surface area contributed by atoms with Crippen LogP contribution in [-0.4, -0.2) is 18.0 Å². The van der Waals surface area contributed by atoms with Crippen molar-refractivity contribution in [1.29, 1.82) is 5.26 Å². The zero-order valence-corrected chi connectivity index (χ0v) is 11.2. The topological polar surface area (TPSA) is 27.0 Å². The minimum Gasteiger partial charge on any atom is -0.284 e. The van der Waals surface area contributed by atoms with Crippen LogP contribution in [0.3, 0.4) is 0 Å². The van der Waals surface area contributed by atoms with Gasteiger partial charge in [0, 0.05) is 19.2 Å². The van der Waals surface area contributed by atoms with Gasteiger partial charge in [-0.25, -0.2) is 0 Å². The van der Waals surface area contributed by atoms with Crippen LogP contribution in [0.1, 0.15) is 17.2 Å². The third-order valence-corrected chi connectivity index (χ3v) is 3.68. The Morgan fingerprint density at radius 1 is 0.900 bits per heavy atom. The summed E-state index contributed by atoms with van der Waals surface area (Å²) in [6.45, 7) is 1.75. The fraction of sp³-hybridized carbons (Fsp3) is 0.167. The van der Waals surface area contributed by atoms with E-state index in [4.69, 9.17) is 5.26 Å². The Kier molecular flexibility index (Phi) is 3.62. The molecule has 1 aliphatic rings. The van der Waals surface area contributed by atoms with Crippen LogP contribution >= 0.6 is 0 Å². The van der Waals surface area contributed by atoms with Crippen molar-refractivity contribution in [3.05, 3.63) is 83.4 Å². The van der Waals surface area contributed by atoms with Gasteiger partial charge in [0.1, 0.15) is 0 Å². The van der Waals surface area contributed by atoms with Crippen LogP contribution < -0.4 is 0 Å². The van der Waals surface area contributed by atoms with E-state index in [2.05, 4.69) is 59.5 Å². The van der Waals surface area contributed by atoms with E-state index in [1.54, 1.807) is 6.08 Å². The molecule has 2 aromatic carbocycles. The Bertz CT molecular complexity index is 591. The van der Waals surface area contributed by atoms with Crippen molar-refractivity contribution in [2.75, 3.05) is 13.1 Å². The molecule has 0 saturated carbocycles. The van der Waals surface area contributed by atoms with E-state index < -0.39 is 0 Å². The van der Waals surface area contributed by atoms with Crippen LogP contribution in [0.15, 0.2) is 72.3 Å². The Hall–Kier alpha value is -2.37. The van der Waals surface area contributed by atoms with Crippen molar-refractivity contribution < 1.29 is 0 Å². The Labute approximate surface area is 119 Å². The highest BCUT2D eigenvalue weighted by Crippen LogP contribution is 2.33. The lowest BCUT2D eigenvalue weighted by molar-refractivity contribution is 0.202. The predicted octanol–water partition coefficient (Wildman–Crippen LogP) is 3.54. The molecule has 1 heterocycles. The first kappa shape index (κ1) is 12.7. The van der Waals surface area contributed by atoms with E-state index in [-0.39, 0.29) is 6.04 Å². The van der Waals surface area contributed by atoms with Gasteiger partial charge in [0.05, 0.1) is 12.1 Å². The molecular formula is C18H16N2. The molecule has 1 aliphatic heterocycles. The molecule has 0 atom stereocenters. The fourth-order valence-corrected chi connectivity index (χ4v) is 2.73. The van der Waals surface area contributed by atoms with E-state index in [0.29, 0.717) is 0 Å². The van der Waals surface area contributed by atoms with Crippen LogP contribution in [0.2, 0.25) is 0 Å². The first-order valence-corrected chi connectivity index (χ1v) is 6.80. The number of hydrogen-bond donors (Lipinski definition) is 0. The SMILES string of the molecule is N#CC=C1CN(C(c2ccccc2)c2ccccc2)C1. The second-order valence-electron chi connectivity index (χ2n) is 5.06. The second kappa shape index (κ2) is 5.73. The van der Waals surface area contributed by atoms with Gasteiger partial charge in [0.15, 0.2) is 0 Å². The highest BCUT2D eigenvalue weighted by molar-refractivity contribution is 5.35. The Balaban J connectivity index is 1.91. The molecule has 2 aromatic rings. The number of allylic oxidation sites excluding steroid dienone is 1. The maximum Gasteiger partial charge on any atom is 0.0912 e. The minimum absolute atomic E-state index is 0.272. The molecule has 2 heteroatoms. The van der Waals surface area contributed by atoms with E-state index in [1.807, 2.05) is 12.1 Å². The average Bonchev–Trinajstić information content (AvgIpc) is 2.47. The lowest BCUT2D eigenvalue weighted by Crippen LogP contribution is -2.43. The summed E-state index contributed by atoms with van der Waals surface area (Å²) in [6, 6.07) is 23.5. The van der Waals surface area contributed by atoms with Gasteiger partial charge < -0.3 is 0 Å². The summed E-state index contributed by atoms with van der Waals surface area (Å²) in [5.41, 5.74) is 3.81. The van der Waals surface area contributed by atoms with Crippen molar-refractivity contribution in [2.24, 2.45) is 0 Å². The molecule has 3 rings (SSSR count). The average molecular weight is 260 g/mol. The molecule has 0 amide bonds. The quantitative estimate of drug-likeness (QED) is 0.789. The monoisotopic (exact) mass is 260 g/mol. The van der Waals surface area contributed by atoms with Gasteiger partial charge in [0.25, 0.3) is 0 Å². The molecule has 0 bridgehead atoms. The van der Waals surface area contributed by atoms with Crippen molar-refractivity contribution in [3.63, 3.8) is 0 Å². The maximum absolute atomic E-state index is 8.72. The van der Waals surface area contributed by atoms with E-state index >= 15 is 0 Å². The van der Waals surface area contributed by atoms with E-state index in [0.717, 1.165) is 13.1 Å². The summed E-state index contributed by atoms with van der Waals surface area (Å²) in [4.78, 5) is 2.40. The zero-order valence-electron chi connectivity index (χ0n) is 11.2. The third kappa shape index (κ3) is 2.49. The molecule has 0 aromatic heterocycles. The summed E-state index contributed by atoms with van der Waals surface area (Å²) in [5, 5.41) is 8.72. The van der Waals surface area contributed by atoms with Gasteiger partial charge in [-0.2, -0.15) is 5.26 Å². The van der Waals surface area contributed by atoms with Crippen LogP contribution in [0.5, 0.6) is 0 Å². The molecular weight excluding hydrogens is 244 g/mol. The highest BCUT2D eigenvalue weighted by Gasteiger charge is 2.29. The predicted molar refractivity (Wildman–Crippen MR) is 80.0 cm³/mol. The molecule has 0 spiro atoms. The first-order valence-electron chi connectivity index (χ1n) is 6.80. The summed E-state index contributed by atoms with van der Waals surface area (Å²) in [5.74, 6) is 0. The van der Waals surface area contributed by atoms with Crippen molar-refractivity contribution in [3.8, 4) is 6.07 Å². The lowest BCUT2D eigenvalue weighted by Gasteiger charge is -2.40. The normalized spacial score (nSPS) is 14.7. The van der Waals surface area contributed by atoms with E-state index in [1.165, 1.54) is 16.7 Å². The first-order chi connectivity index (χ1) is 9.88. The molecule has 0 unspecified atom stereocenters. The molecule has 0 radical (unpaired) electrons. The van der Waals surface area contributed by atoms with E-state index in [9.17, 15) is 0 Å². The molecule has 1 fully saturated rings. The van der Waals surface area contributed by atoms with Gasteiger partial charge >= 0.3 is 0 Å². The Morgan fingerprint density at radius 3 is 1.85 bits per heavy atom. The third-order valence-electron chi connectivity index (χ3n) is 3.68. The summed E-state index contributed by atoms with van der Waals surface area (Å²) in [7, 11) is 0. The minimum atomic E-state index is 0.272. The number of nitriles is 1. The molecule has 98 valence electrons. The largest absolute Gasteiger partial charge is 0.284 e. The lowest BCUT2D eigenvalue weighted by atomic mass is 9.93. The summed E-state index contributed by atoms with van der Waals surface area (Å²) < 4.78 is 0. The smallest absolute Gasteiger partial charge is 0.0912 e. The zero-order chi connectivity index (χ0) is 13.8. The van der Waals surface area contributed by atoms with Crippen molar-refractivity contribution in [2.45, 2.75) is 6.04 Å². The van der Waals surface area contributed by atoms with Crippen LogP contribution in [0.25, 0.3) is 0 Å². The van der Waals surface area contributed by atoms with Gasteiger partial charge in [-0.05, 0) is 16.7 Å². The number of rotatable bonds is 3. The standard InChI is InChI=1S/C18H16N2/c19-12-11-15-13-20(14-15)18(16-7-3-1-4-8-16)17-9-5-2-6-10-17/h1-11,18H,13-14H2. The molecule has 20 heavy (non-hydrogen) atoms. The molecule has 0 aliphatic carbocycles. The number of likely N-dealkylation sites (tertiary alicyclic amines) is 1. The number of nitrogens with zero attached hydrogens (tertiary/aromatic N) is 2. The fourth-order valence-electron chi connectivity index (χ4n) is 2.73. The van der Waals surface area contributed by atoms with Gasteiger partial charge in [-0.15, -0.1) is 0 Å². The van der Waals surface area contributed by atoms with Crippen molar-refractivity contribution in [1.82, 2.24) is 4.90 Å². The summed E-state index contributed by atoms with van der Waals surface area (Å²) in [6.07, 6.45) is 1.67. The number of benzene rings is 2. The maximum atomic E-state index is 8.72.